The minimum Gasteiger partial charge on any atom is -0.487 e. The van der Waals surface area contributed by atoms with Crippen molar-refractivity contribution in [1.29, 1.82) is 0 Å². The van der Waals surface area contributed by atoms with Crippen LogP contribution in [0.15, 0.2) is 71.7 Å². The van der Waals surface area contributed by atoms with Crippen molar-refractivity contribution in [3.05, 3.63) is 84.1 Å². The molecule has 2 N–H and O–H groups in total. The van der Waals surface area contributed by atoms with E-state index in [1.807, 2.05) is 42.5 Å². The SMILES string of the molecule is C[C@@H](NC(=O)c1ccoc1)C(=O)NCc1cccc(OCc2ccccn2)c1. The number of hydrogen-bond donors (Lipinski definition) is 2. The molecule has 1 aromatic carbocycles. The van der Waals surface area contributed by atoms with Crippen LogP contribution in [0.25, 0.3) is 0 Å². The maximum atomic E-state index is 12.2. The molecule has 0 aliphatic heterocycles. The summed E-state index contributed by atoms with van der Waals surface area (Å²) in [5.41, 5.74) is 2.10. The Morgan fingerprint density at radius 2 is 2.07 bits per heavy atom. The predicted molar refractivity (Wildman–Crippen MR) is 102 cm³/mol. The number of rotatable bonds is 8. The highest BCUT2D eigenvalue weighted by atomic mass is 16.5. The van der Waals surface area contributed by atoms with Crippen LogP contribution in [0, 0.1) is 0 Å². The van der Waals surface area contributed by atoms with Crippen molar-refractivity contribution in [2.45, 2.75) is 26.1 Å². The van der Waals surface area contributed by atoms with Crippen LogP contribution in [0.4, 0.5) is 0 Å². The van der Waals surface area contributed by atoms with E-state index in [1.165, 1.54) is 18.6 Å². The number of ether oxygens (including phenoxy) is 1. The number of hydrogen-bond acceptors (Lipinski definition) is 5. The molecule has 7 heteroatoms. The molecule has 3 rings (SSSR count). The first-order valence-corrected chi connectivity index (χ1v) is 8.84. The average Bonchev–Trinajstić information content (AvgIpc) is 3.26. The molecule has 0 saturated heterocycles. The number of aromatic nitrogens is 1. The first-order chi connectivity index (χ1) is 13.6. The Balaban J connectivity index is 1.48. The first kappa shape index (κ1) is 19.2. The van der Waals surface area contributed by atoms with Crippen LogP contribution in [0.1, 0.15) is 28.5 Å². The molecule has 144 valence electrons. The summed E-state index contributed by atoms with van der Waals surface area (Å²) in [5, 5.41) is 5.43. The van der Waals surface area contributed by atoms with Crippen LogP contribution in [-0.4, -0.2) is 22.8 Å². The van der Waals surface area contributed by atoms with Gasteiger partial charge >= 0.3 is 0 Å². The smallest absolute Gasteiger partial charge is 0.255 e. The van der Waals surface area contributed by atoms with Crippen LogP contribution in [0.2, 0.25) is 0 Å². The lowest BCUT2D eigenvalue weighted by atomic mass is 10.2. The van der Waals surface area contributed by atoms with E-state index in [0.29, 0.717) is 24.5 Å². The molecule has 0 unspecified atom stereocenters. The highest BCUT2D eigenvalue weighted by Crippen LogP contribution is 2.14. The molecule has 1 atom stereocenters. The standard InChI is InChI=1S/C21H21N3O4/c1-15(24-21(26)17-8-10-27-13-17)20(25)23-12-16-5-4-7-19(11-16)28-14-18-6-2-3-9-22-18/h2-11,13,15H,12,14H2,1H3,(H,23,25)(H,24,26)/t15-/m1/s1. The fraction of sp³-hybridized carbons (Fsp3) is 0.190. The van der Waals surface area contributed by atoms with Gasteiger partial charge in [0.15, 0.2) is 0 Å². The summed E-state index contributed by atoms with van der Waals surface area (Å²) < 4.78 is 10.6. The van der Waals surface area contributed by atoms with Crippen molar-refractivity contribution in [3.63, 3.8) is 0 Å². The first-order valence-electron chi connectivity index (χ1n) is 8.84. The van der Waals surface area contributed by atoms with E-state index in [4.69, 9.17) is 9.15 Å². The van der Waals surface area contributed by atoms with E-state index >= 15 is 0 Å². The Bertz CT molecular complexity index is 910. The molecular weight excluding hydrogens is 358 g/mol. The van der Waals surface area contributed by atoms with Gasteiger partial charge in [-0.3, -0.25) is 14.6 Å². The van der Waals surface area contributed by atoms with Gasteiger partial charge in [0.1, 0.15) is 24.7 Å². The van der Waals surface area contributed by atoms with Crippen molar-refractivity contribution >= 4 is 11.8 Å². The molecule has 0 aliphatic rings. The molecule has 0 radical (unpaired) electrons. The van der Waals surface area contributed by atoms with Crippen molar-refractivity contribution in [3.8, 4) is 5.75 Å². The third kappa shape index (κ3) is 5.44. The molecule has 3 aromatic rings. The minimum atomic E-state index is -0.675. The zero-order chi connectivity index (χ0) is 19.8. The van der Waals surface area contributed by atoms with E-state index in [0.717, 1.165) is 11.3 Å². The molecule has 2 aromatic heterocycles. The molecule has 28 heavy (non-hydrogen) atoms. The van der Waals surface area contributed by atoms with Crippen molar-refractivity contribution in [2.75, 3.05) is 0 Å². The topological polar surface area (TPSA) is 93.5 Å². The number of carbonyl (C=O) groups is 2. The Hall–Kier alpha value is -3.61. The van der Waals surface area contributed by atoms with Crippen molar-refractivity contribution in [1.82, 2.24) is 15.6 Å². The van der Waals surface area contributed by atoms with Crippen LogP contribution in [0.5, 0.6) is 5.75 Å². The molecule has 0 fully saturated rings. The van der Waals surface area contributed by atoms with Gasteiger partial charge in [0, 0.05) is 12.7 Å². The molecule has 2 amide bonds. The van der Waals surface area contributed by atoms with Gasteiger partial charge < -0.3 is 19.8 Å². The number of nitrogens with one attached hydrogen (secondary N) is 2. The highest BCUT2D eigenvalue weighted by molar-refractivity contribution is 5.97. The Morgan fingerprint density at radius 3 is 2.82 bits per heavy atom. The average molecular weight is 379 g/mol. The summed E-state index contributed by atoms with van der Waals surface area (Å²) in [4.78, 5) is 28.4. The van der Waals surface area contributed by atoms with E-state index in [1.54, 1.807) is 13.1 Å². The zero-order valence-electron chi connectivity index (χ0n) is 15.4. The lowest BCUT2D eigenvalue weighted by Crippen LogP contribution is -2.44. The number of amides is 2. The molecule has 0 aliphatic carbocycles. The molecule has 0 bridgehead atoms. The molecule has 7 nitrogen and oxygen atoms in total. The molecule has 0 spiro atoms. The summed E-state index contributed by atoms with van der Waals surface area (Å²) in [6.45, 7) is 2.32. The Labute approximate surface area is 162 Å². The third-order valence-electron chi connectivity index (χ3n) is 4.00. The van der Waals surface area contributed by atoms with Gasteiger partial charge in [-0.1, -0.05) is 18.2 Å². The second kappa shape index (κ2) is 9.36. The van der Waals surface area contributed by atoms with Crippen LogP contribution < -0.4 is 15.4 Å². The fourth-order valence-electron chi connectivity index (χ4n) is 2.47. The molecule has 2 heterocycles. The van der Waals surface area contributed by atoms with E-state index < -0.39 is 6.04 Å². The van der Waals surface area contributed by atoms with Crippen LogP contribution in [-0.2, 0) is 17.9 Å². The van der Waals surface area contributed by atoms with Crippen LogP contribution >= 0.6 is 0 Å². The maximum absolute atomic E-state index is 12.2. The molecule has 0 saturated carbocycles. The lowest BCUT2D eigenvalue weighted by Gasteiger charge is -2.14. The quantitative estimate of drug-likeness (QED) is 0.628. The van der Waals surface area contributed by atoms with Crippen molar-refractivity contribution in [2.24, 2.45) is 0 Å². The number of benzene rings is 1. The number of nitrogens with zero attached hydrogens (tertiary/aromatic N) is 1. The summed E-state index contributed by atoms with van der Waals surface area (Å²) in [6.07, 6.45) is 4.45. The second-order valence-corrected chi connectivity index (χ2v) is 6.18. The minimum absolute atomic E-state index is 0.281. The second-order valence-electron chi connectivity index (χ2n) is 6.18. The maximum Gasteiger partial charge on any atom is 0.255 e. The third-order valence-corrected chi connectivity index (χ3v) is 4.00. The van der Waals surface area contributed by atoms with Gasteiger partial charge in [0.25, 0.3) is 5.91 Å². The largest absolute Gasteiger partial charge is 0.487 e. The Morgan fingerprint density at radius 1 is 1.18 bits per heavy atom. The normalized spacial score (nSPS) is 11.5. The summed E-state index contributed by atoms with van der Waals surface area (Å²) >= 11 is 0. The Kier molecular flexibility index (Phi) is 6.41. The van der Waals surface area contributed by atoms with Crippen molar-refractivity contribution < 1.29 is 18.7 Å². The van der Waals surface area contributed by atoms with E-state index in [2.05, 4.69) is 15.6 Å². The molecular formula is C21H21N3O4. The van der Waals surface area contributed by atoms with Gasteiger partial charge in [-0.2, -0.15) is 0 Å². The number of furan rings is 1. The highest BCUT2D eigenvalue weighted by Gasteiger charge is 2.17. The van der Waals surface area contributed by atoms with E-state index in [-0.39, 0.29) is 11.8 Å². The lowest BCUT2D eigenvalue weighted by molar-refractivity contribution is -0.122. The number of pyridine rings is 1. The predicted octanol–water partition coefficient (Wildman–Crippen LogP) is 2.69. The zero-order valence-corrected chi connectivity index (χ0v) is 15.4. The summed E-state index contributed by atoms with van der Waals surface area (Å²) in [5.74, 6) is 0.0525. The van der Waals surface area contributed by atoms with Gasteiger partial charge in [-0.15, -0.1) is 0 Å². The van der Waals surface area contributed by atoms with Gasteiger partial charge in [0.2, 0.25) is 5.91 Å². The monoisotopic (exact) mass is 379 g/mol. The summed E-state index contributed by atoms with van der Waals surface area (Å²) in [6, 6.07) is 14.0. The van der Waals surface area contributed by atoms with E-state index in [9.17, 15) is 9.59 Å². The van der Waals surface area contributed by atoms with Crippen LogP contribution in [0.3, 0.4) is 0 Å². The fourth-order valence-corrected chi connectivity index (χ4v) is 2.47. The number of carbonyl (C=O) groups excluding carboxylic acids is 2. The summed E-state index contributed by atoms with van der Waals surface area (Å²) in [7, 11) is 0. The van der Waals surface area contributed by atoms with Gasteiger partial charge in [-0.05, 0) is 42.8 Å². The van der Waals surface area contributed by atoms with Gasteiger partial charge in [-0.25, -0.2) is 0 Å². The van der Waals surface area contributed by atoms with Gasteiger partial charge in [0.05, 0.1) is 17.5 Å².